The van der Waals surface area contributed by atoms with Crippen LogP contribution in [0.1, 0.15) is 20.3 Å². The molecule has 0 spiro atoms. The van der Waals surface area contributed by atoms with E-state index >= 15 is 0 Å². The number of nitrogens with one attached hydrogen (secondary N) is 1. The van der Waals surface area contributed by atoms with Crippen LogP contribution in [0, 0.1) is 0 Å². The normalized spacial score (nSPS) is 15.4. The monoisotopic (exact) mass is 182 g/mol. The number of aromatic nitrogens is 2. The van der Waals surface area contributed by atoms with Gasteiger partial charge in [0.25, 0.3) is 0 Å². The summed E-state index contributed by atoms with van der Waals surface area (Å²) in [5.74, 6) is 0.882. The summed E-state index contributed by atoms with van der Waals surface area (Å²) < 4.78 is 1.77. The van der Waals surface area contributed by atoms with Crippen LogP contribution in [0.15, 0.2) is 12.3 Å². The van der Waals surface area contributed by atoms with Crippen molar-refractivity contribution in [3.63, 3.8) is 0 Å². The Hall–Kier alpha value is -1.03. The molecule has 4 nitrogen and oxygen atoms in total. The van der Waals surface area contributed by atoms with Crippen molar-refractivity contribution in [2.24, 2.45) is 12.8 Å². The van der Waals surface area contributed by atoms with Crippen LogP contribution in [0.5, 0.6) is 0 Å². The zero-order chi connectivity index (χ0) is 9.90. The van der Waals surface area contributed by atoms with Gasteiger partial charge in [-0.05, 0) is 13.3 Å². The molecule has 0 radical (unpaired) electrons. The maximum atomic E-state index is 5.97. The average Bonchev–Trinajstić information content (AvgIpc) is 2.48. The van der Waals surface area contributed by atoms with Crippen molar-refractivity contribution in [1.29, 1.82) is 0 Å². The number of hydrogen-bond acceptors (Lipinski definition) is 3. The molecular formula is C9H18N4. The van der Waals surface area contributed by atoms with Crippen LogP contribution in [0.2, 0.25) is 0 Å². The highest BCUT2D eigenvalue weighted by atomic mass is 15.3. The second-order valence-electron chi connectivity index (χ2n) is 3.74. The number of hydrogen-bond donors (Lipinski definition) is 2. The topological polar surface area (TPSA) is 55.9 Å². The molecule has 1 aromatic heterocycles. The molecule has 0 aliphatic heterocycles. The van der Waals surface area contributed by atoms with Crippen molar-refractivity contribution >= 4 is 5.82 Å². The molecule has 1 aromatic rings. The fourth-order valence-electron chi connectivity index (χ4n) is 0.927. The summed E-state index contributed by atoms with van der Waals surface area (Å²) in [6.45, 7) is 4.86. The zero-order valence-corrected chi connectivity index (χ0v) is 8.54. The van der Waals surface area contributed by atoms with E-state index in [9.17, 15) is 0 Å². The Morgan fingerprint density at radius 3 is 2.85 bits per heavy atom. The molecule has 3 N–H and O–H groups in total. The van der Waals surface area contributed by atoms with E-state index in [4.69, 9.17) is 5.73 Å². The fraction of sp³-hybridized carbons (Fsp3) is 0.667. The van der Waals surface area contributed by atoms with Gasteiger partial charge in [-0.2, -0.15) is 5.10 Å². The first-order valence-electron chi connectivity index (χ1n) is 4.56. The summed E-state index contributed by atoms with van der Waals surface area (Å²) in [5.41, 5.74) is 5.82. The molecule has 0 amide bonds. The number of anilines is 1. The predicted octanol–water partition coefficient (Wildman–Crippen LogP) is 0.959. The van der Waals surface area contributed by atoms with Gasteiger partial charge in [0.05, 0.1) is 0 Å². The summed E-state index contributed by atoms with van der Waals surface area (Å²) >= 11 is 0. The number of nitrogens with two attached hydrogens (primary N) is 1. The molecule has 1 unspecified atom stereocenters. The van der Waals surface area contributed by atoms with Crippen molar-refractivity contribution in [3.8, 4) is 0 Å². The van der Waals surface area contributed by atoms with Gasteiger partial charge in [-0.3, -0.25) is 4.68 Å². The van der Waals surface area contributed by atoms with Gasteiger partial charge in [0.1, 0.15) is 5.82 Å². The standard InChI is InChI=1S/C9H18N4/c1-4-9(2,10)7-11-8-5-6-13(3)12-8/h5-6H,4,7,10H2,1-3H3,(H,11,12). The van der Waals surface area contributed by atoms with Crippen molar-refractivity contribution in [2.45, 2.75) is 25.8 Å². The molecule has 13 heavy (non-hydrogen) atoms. The van der Waals surface area contributed by atoms with Crippen molar-refractivity contribution in [2.75, 3.05) is 11.9 Å². The maximum absolute atomic E-state index is 5.97. The van der Waals surface area contributed by atoms with Crippen molar-refractivity contribution in [1.82, 2.24) is 9.78 Å². The number of rotatable bonds is 4. The first-order valence-corrected chi connectivity index (χ1v) is 4.56. The third-order valence-electron chi connectivity index (χ3n) is 2.19. The zero-order valence-electron chi connectivity index (χ0n) is 8.54. The molecule has 1 rings (SSSR count). The minimum Gasteiger partial charge on any atom is -0.367 e. The first-order chi connectivity index (χ1) is 6.03. The van der Waals surface area contributed by atoms with E-state index in [1.165, 1.54) is 0 Å². The van der Waals surface area contributed by atoms with Crippen LogP contribution in [-0.2, 0) is 7.05 Å². The molecule has 0 saturated carbocycles. The Kier molecular flexibility index (Phi) is 2.93. The van der Waals surface area contributed by atoms with Crippen LogP contribution in [0.25, 0.3) is 0 Å². The molecule has 74 valence electrons. The van der Waals surface area contributed by atoms with E-state index in [0.29, 0.717) is 0 Å². The Labute approximate surface area is 79.1 Å². The van der Waals surface area contributed by atoms with Crippen LogP contribution in [0.4, 0.5) is 5.82 Å². The van der Waals surface area contributed by atoms with Gasteiger partial charge in [0, 0.05) is 31.4 Å². The highest BCUT2D eigenvalue weighted by Gasteiger charge is 2.14. The smallest absolute Gasteiger partial charge is 0.148 e. The van der Waals surface area contributed by atoms with Gasteiger partial charge in [-0.25, -0.2) is 0 Å². The van der Waals surface area contributed by atoms with E-state index < -0.39 is 0 Å². The maximum Gasteiger partial charge on any atom is 0.148 e. The van der Waals surface area contributed by atoms with Crippen LogP contribution in [-0.4, -0.2) is 21.9 Å². The largest absolute Gasteiger partial charge is 0.367 e. The summed E-state index contributed by atoms with van der Waals surface area (Å²) in [5, 5.41) is 7.40. The highest BCUT2D eigenvalue weighted by molar-refractivity contribution is 5.32. The average molecular weight is 182 g/mol. The molecular weight excluding hydrogens is 164 g/mol. The summed E-state index contributed by atoms with van der Waals surface area (Å²) in [4.78, 5) is 0. The Morgan fingerprint density at radius 2 is 2.38 bits per heavy atom. The molecule has 1 heterocycles. The van der Waals surface area contributed by atoms with Gasteiger partial charge in [-0.1, -0.05) is 6.92 Å². The number of aryl methyl sites for hydroxylation is 1. The van der Waals surface area contributed by atoms with E-state index in [0.717, 1.165) is 18.8 Å². The first kappa shape index (κ1) is 10.1. The Balaban J connectivity index is 2.43. The van der Waals surface area contributed by atoms with Gasteiger partial charge in [-0.15, -0.1) is 0 Å². The molecule has 0 saturated heterocycles. The van der Waals surface area contributed by atoms with E-state index in [1.54, 1.807) is 4.68 Å². The molecule has 0 fully saturated rings. The second kappa shape index (κ2) is 3.79. The lowest BCUT2D eigenvalue weighted by atomic mass is 10.0. The van der Waals surface area contributed by atoms with Crippen LogP contribution in [0.3, 0.4) is 0 Å². The van der Waals surface area contributed by atoms with Gasteiger partial charge < -0.3 is 11.1 Å². The second-order valence-corrected chi connectivity index (χ2v) is 3.74. The minimum atomic E-state index is -0.155. The van der Waals surface area contributed by atoms with Crippen LogP contribution < -0.4 is 11.1 Å². The summed E-state index contributed by atoms with van der Waals surface area (Å²) in [6, 6.07) is 1.94. The van der Waals surface area contributed by atoms with Crippen LogP contribution >= 0.6 is 0 Å². The van der Waals surface area contributed by atoms with E-state index in [1.807, 2.05) is 26.2 Å². The van der Waals surface area contributed by atoms with Gasteiger partial charge in [0.2, 0.25) is 0 Å². The van der Waals surface area contributed by atoms with Crippen molar-refractivity contribution in [3.05, 3.63) is 12.3 Å². The molecule has 0 aliphatic carbocycles. The molecule has 0 bridgehead atoms. The quantitative estimate of drug-likeness (QED) is 0.729. The molecule has 1 atom stereocenters. The third kappa shape index (κ3) is 3.06. The van der Waals surface area contributed by atoms with Crippen molar-refractivity contribution < 1.29 is 0 Å². The highest BCUT2D eigenvalue weighted by Crippen LogP contribution is 2.07. The minimum absolute atomic E-state index is 0.155. The summed E-state index contributed by atoms with van der Waals surface area (Å²) in [7, 11) is 1.90. The summed E-state index contributed by atoms with van der Waals surface area (Å²) in [6.07, 6.45) is 2.86. The Bertz CT molecular complexity index is 264. The predicted molar refractivity (Wildman–Crippen MR) is 54.6 cm³/mol. The van der Waals surface area contributed by atoms with Gasteiger partial charge in [0.15, 0.2) is 0 Å². The molecule has 0 aromatic carbocycles. The molecule has 0 aliphatic rings. The lowest BCUT2D eigenvalue weighted by Crippen LogP contribution is -2.42. The number of nitrogens with zero attached hydrogens (tertiary/aromatic N) is 2. The lowest BCUT2D eigenvalue weighted by Gasteiger charge is -2.22. The lowest BCUT2D eigenvalue weighted by molar-refractivity contribution is 0.477. The van der Waals surface area contributed by atoms with E-state index in [2.05, 4.69) is 17.3 Å². The fourth-order valence-corrected chi connectivity index (χ4v) is 0.927. The SMILES string of the molecule is CCC(C)(N)CNc1ccn(C)n1. The Morgan fingerprint density at radius 1 is 1.69 bits per heavy atom. The van der Waals surface area contributed by atoms with E-state index in [-0.39, 0.29) is 5.54 Å². The third-order valence-corrected chi connectivity index (χ3v) is 2.19. The molecule has 4 heteroatoms. The van der Waals surface area contributed by atoms with Gasteiger partial charge >= 0.3 is 0 Å².